The topological polar surface area (TPSA) is 58.6 Å². The predicted octanol–water partition coefficient (Wildman–Crippen LogP) is 1.73. The van der Waals surface area contributed by atoms with Gasteiger partial charge in [-0.3, -0.25) is 4.79 Å². The van der Waals surface area contributed by atoms with Crippen LogP contribution >= 0.6 is 0 Å². The highest BCUT2D eigenvalue weighted by molar-refractivity contribution is 5.96. The average molecular weight is 251 g/mol. The van der Waals surface area contributed by atoms with Gasteiger partial charge in [-0.25, -0.2) is 0 Å². The second-order valence-electron chi connectivity index (χ2n) is 4.36. The highest BCUT2D eigenvalue weighted by atomic mass is 16.5. The Bertz CT molecular complexity index is 441. The van der Waals surface area contributed by atoms with Crippen molar-refractivity contribution in [3.63, 3.8) is 0 Å². The normalized spacial score (nSPS) is 10.3. The third-order valence-electron chi connectivity index (χ3n) is 3.10. The number of methoxy groups -OCH3 is 1. The molecule has 0 unspecified atom stereocenters. The zero-order valence-corrected chi connectivity index (χ0v) is 11.5. The van der Waals surface area contributed by atoms with Crippen molar-refractivity contribution < 1.29 is 14.6 Å². The van der Waals surface area contributed by atoms with Gasteiger partial charge in [-0.05, 0) is 49.9 Å². The van der Waals surface area contributed by atoms with E-state index in [4.69, 9.17) is 9.84 Å². The molecule has 2 N–H and O–H groups in total. The summed E-state index contributed by atoms with van der Waals surface area (Å²) < 4.78 is 5.33. The van der Waals surface area contributed by atoms with Crippen LogP contribution in [0.15, 0.2) is 6.07 Å². The minimum atomic E-state index is -0.102. The van der Waals surface area contributed by atoms with Crippen LogP contribution in [0.4, 0.5) is 0 Å². The van der Waals surface area contributed by atoms with Crippen molar-refractivity contribution in [2.75, 3.05) is 20.3 Å². The van der Waals surface area contributed by atoms with E-state index in [0.717, 1.165) is 22.4 Å². The van der Waals surface area contributed by atoms with Gasteiger partial charge in [0.2, 0.25) is 0 Å². The van der Waals surface area contributed by atoms with E-state index in [1.165, 1.54) is 0 Å². The van der Waals surface area contributed by atoms with Crippen LogP contribution in [0.3, 0.4) is 0 Å². The number of amides is 1. The first-order chi connectivity index (χ1) is 8.52. The molecule has 0 saturated heterocycles. The third kappa shape index (κ3) is 3.01. The van der Waals surface area contributed by atoms with Gasteiger partial charge in [0.1, 0.15) is 5.75 Å². The smallest absolute Gasteiger partial charge is 0.251 e. The highest BCUT2D eigenvalue weighted by Crippen LogP contribution is 2.28. The van der Waals surface area contributed by atoms with Crippen molar-refractivity contribution in [3.05, 3.63) is 28.3 Å². The minimum Gasteiger partial charge on any atom is -0.496 e. The monoisotopic (exact) mass is 251 g/mol. The molecule has 0 bridgehead atoms. The minimum absolute atomic E-state index is 0.0833. The maximum Gasteiger partial charge on any atom is 0.251 e. The molecule has 100 valence electrons. The molecule has 0 saturated carbocycles. The molecule has 1 aromatic carbocycles. The van der Waals surface area contributed by atoms with Crippen LogP contribution in [0.2, 0.25) is 0 Å². The lowest BCUT2D eigenvalue weighted by Gasteiger charge is -2.15. The molecular formula is C14H21NO3. The van der Waals surface area contributed by atoms with E-state index in [1.807, 2.05) is 26.8 Å². The number of aliphatic hydroxyl groups excluding tert-OH is 1. The first-order valence-corrected chi connectivity index (χ1v) is 6.06. The summed E-state index contributed by atoms with van der Waals surface area (Å²) in [6.45, 7) is 6.36. The molecule has 1 amide bonds. The van der Waals surface area contributed by atoms with Crippen molar-refractivity contribution in [3.8, 4) is 5.75 Å². The molecule has 1 aromatic rings. The summed E-state index contributed by atoms with van der Waals surface area (Å²) in [4.78, 5) is 12.0. The van der Waals surface area contributed by atoms with Crippen molar-refractivity contribution in [1.29, 1.82) is 0 Å². The van der Waals surface area contributed by atoms with Gasteiger partial charge in [-0.2, -0.15) is 0 Å². The Balaban J connectivity index is 3.00. The number of carbonyl (C=O) groups excluding carboxylic acids is 1. The lowest BCUT2D eigenvalue weighted by molar-refractivity contribution is 0.0950. The second kappa shape index (κ2) is 6.40. The maximum absolute atomic E-state index is 12.0. The number of rotatable bonds is 5. The number of aryl methyl sites for hydroxylation is 1. The Hall–Kier alpha value is -1.55. The summed E-state index contributed by atoms with van der Waals surface area (Å²) in [5, 5.41) is 11.5. The highest BCUT2D eigenvalue weighted by Gasteiger charge is 2.15. The molecule has 0 radical (unpaired) electrons. The van der Waals surface area contributed by atoms with Crippen molar-refractivity contribution in [2.45, 2.75) is 27.2 Å². The van der Waals surface area contributed by atoms with E-state index >= 15 is 0 Å². The van der Waals surface area contributed by atoms with Crippen LogP contribution in [0.5, 0.6) is 5.75 Å². The fourth-order valence-electron chi connectivity index (χ4n) is 1.98. The predicted molar refractivity (Wildman–Crippen MR) is 71.2 cm³/mol. The Kier molecular flexibility index (Phi) is 5.16. The van der Waals surface area contributed by atoms with E-state index < -0.39 is 0 Å². The summed E-state index contributed by atoms with van der Waals surface area (Å²) in [5.41, 5.74) is 3.54. The molecular weight excluding hydrogens is 230 g/mol. The van der Waals surface area contributed by atoms with E-state index in [1.54, 1.807) is 7.11 Å². The number of ether oxygens (including phenoxy) is 1. The van der Waals surface area contributed by atoms with Crippen molar-refractivity contribution >= 4 is 5.91 Å². The van der Waals surface area contributed by atoms with Gasteiger partial charge < -0.3 is 15.2 Å². The lowest BCUT2D eigenvalue weighted by Crippen LogP contribution is -2.26. The summed E-state index contributed by atoms with van der Waals surface area (Å²) in [6.07, 6.45) is 0.568. The molecule has 4 nitrogen and oxygen atoms in total. The summed E-state index contributed by atoms with van der Waals surface area (Å²) in [5.74, 6) is 0.731. The fraction of sp³-hybridized carbons (Fsp3) is 0.500. The quantitative estimate of drug-likeness (QED) is 0.784. The largest absolute Gasteiger partial charge is 0.496 e. The van der Waals surface area contributed by atoms with Crippen molar-refractivity contribution in [1.82, 2.24) is 5.32 Å². The summed E-state index contributed by atoms with van der Waals surface area (Å²) in [7, 11) is 1.63. The molecule has 0 heterocycles. The van der Waals surface area contributed by atoms with Crippen LogP contribution < -0.4 is 10.1 Å². The van der Waals surface area contributed by atoms with Gasteiger partial charge in [-0.15, -0.1) is 0 Å². The van der Waals surface area contributed by atoms with Crippen LogP contribution in [0.25, 0.3) is 0 Å². The number of aliphatic hydroxyl groups is 1. The molecule has 0 aliphatic carbocycles. The summed E-state index contributed by atoms with van der Waals surface area (Å²) in [6, 6.07) is 1.84. The van der Waals surface area contributed by atoms with Gasteiger partial charge in [-0.1, -0.05) is 0 Å². The molecule has 0 fully saturated rings. The first-order valence-electron chi connectivity index (χ1n) is 6.06. The second-order valence-corrected chi connectivity index (χ2v) is 4.36. The Morgan fingerprint density at radius 1 is 1.33 bits per heavy atom. The maximum atomic E-state index is 12.0. The molecule has 0 aliphatic rings. The van der Waals surface area contributed by atoms with Gasteiger partial charge in [0.15, 0.2) is 0 Å². The standard InChI is InChI=1S/C14H21NO3/c1-9-8-12(14(17)15-6-5-7-16)10(2)11(3)13(9)18-4/h8,16H,5-7H2,1-4H3,(H,15,17). The molecule has 0 atom stereocenters. The van der Waals surface area contributed by atoms with Crippen LogP contribution in [-0.2, 0) is 0 Å². The number of carbonyl (C=O) groups is 1. The van der Waals surface area contributed by atoms with Gasteiger partial charge in [0.25, 0.3) is 5.91 Å². The molecule has 1 rings (SSSR count). The number of hydrogen-bond acceptors (Lipinski definition) is 3. The van der Waals surface area contributed by atoms with E-state index in [0.29, 0.717) is 18.5 Å². The average Bonchev–Trinajstić information content (AvgIpc) is 2.34. The van der Waals surface area contributed by atoms with Gasteiger partial charge >= 0.3 is 0 Å². The van der Waals surface area contributed by atoms with E-state index in [2.05, 4.69) is 5.32 Å². The van der Waals surface area contributed by atoms with Gasteiger partial charge in [0.05, 0.1) is 7.11 Å². The Labute approximate surface area is 108 Å². The lowest BCUT2D eigenvalue weighted by atomic mass is 9.98. The summed E-state index contributed by atoms with van der Waals surface area (Å²) >= 11 is 0. The molecule has 0 spiro atoms. The van der Waals surface area contributed by atoms with Crippen LogP contribution in [0, 0.1) is 20.8 Å². The SMILES string of the molecule is COc1c(C)cc(C(=O)NCCCO)c(C)c1C. The Morgan fingerprint density at radius 3 is 2.56 bits per heavy atom. The molecule has 4 heteroatoms. The molecule has 18 heavy (non-hydrogen) atoms. The van der Waals surface area contributed by atoms with E-state index in [-0.39, 0.29) is 12.5 Å². The van der Waals surface area contributed by atoms with E-state index in [9.17, 15) is 4.79 Å². The molecule has 0 aliphatic heterocycles. The zero-order valence-electron chi connectivity index (χ0n) is 11.5. The third-order valence-corrected chi connectivity index (χ3v) is 3.10. The number of benzene rings is 1. The first kappa shape index (κ1) is 14.5. The van der Waals surface area contributed by atoms with Gasteiger partial charge in [0, 0.05) is 18.7 Å². The molecule has 0 aromatic heterocycles. The van der Waals surface area contributed by atoms with Crippen LogP contribution in [0.1, 0.15) is 33.5 Å². The van der Waals surface area contributed by atoms with Crippen molar-refractivity contribution in [2.24, 2.45) is 0 Å². The number of hydrogen-bond donors (Lipinski definition) is 2. The fourth-order valence-corrected chi connectivity index (χ4v) is 1.98. The number of nitrogens with one attached hydrogen (secondary N) is 1. The zero-order chi connectivity index (χ0) is 13.7. The Morgan fingerprint density at radius 2 is 2.00 bits per heavy atom. The van der Waals surface area contributed by atoms with Crippen LogP contribution in [-0.4, -0.2) is 31.3 Å².